The molecule has 2 aromatic heterocycles. The summed E-state index contributed by atoms with van der Waals surface area (Å²) < 4.78 is 61.0. The number of hydrogen-bond donors (Lipinski definition) is 1. The molecule has 360 valence electrons. The lowest BCUT2D eigenvalue weighted by molar-refractivity contribution is -0.166. The molecule has 1 N–H and O–H groups in total. The van der Waals surface area contributed by atoms with E-state index in [1.54, 1.807) is 72.1 Å². The number of aliphatic carboxylic acids is 1. The first-order chi connectivity index (χ1) is 33.4. The van der Waals surface area contributed by atoms with Gasteiger partial charge in [0.25, 0.3) is 0 Å². The van der Waals surface area contributed by atoms with Crippen LogP contribution in [0, 0.1) is 25.5 Å². The number of benzene rings is 6. The van der Waals surface area contributed by atoms with E-state index in [0.29, 0.717) is 68.1 Å². The van der Waals surface area contributed by atoms with E-state index in [9.17, 15) is 14.7 Å². The Kier molecular flexibility index (Phi) is 12.8. The highest BCUT2D eigenvalue weighted by Gasteiger charge is 2.37. The van der Waals surface area contributed by atoms with Gasteiger partial charge in [0.05, 0.1) is 42.1 Å². The molecule has 70 heavy (non-hydrogen) atoms. The van der Waals surface area contributed by atoms with Gasteiger partial charge in [-0.15, -0.1) is 0 Å². The molecule has 0 fully saturated rings. The van der Waals surface area contributed by atoms with Gasteiger partial charge in [0.2, 0.25) is 0 Å². The number of carbonyl (C=O) groups excluding carboxylic acids is 1. The molecular weight excluding hydrogens is 891 g/mol. The maximum atomic E-state index is 15.9. The molecule has 12 heteroatoms. The molecule has 10 nitrogen and oxygen atoms in total. The quantitative estimate of drug-likeness (QED) is 0.140. The third-order valence-corrected chi connectivity index (χ3v) is 12.7. The molecule has 0 saturated carbocycles. The van der Waals surface area contributed by atoms with Crippen molar-refractivity contribution in [1.29, 1.82) is 0 Å². The van der Waals surface area contributed by atoms with E-state index in [-0.39, 0.29) is 18.0 Å². The van der Waals surface area contributed by atoms with Gasteiger partial charge in [-0.25, -0.2) is 18.4 Å². The van der Waals surface area contributed by atoms with Crippen molar-refractivity contribution in [3.05, 3.63) is 142 Å². The summed E-state index contributed by atoms with van der Waals surface area (Å²) in [5, 5.41) is 14.3. The van der Waals surface area contributed by atoms with Crippen LogP contribution in [0.15, 0.2) is 97.3 Å². The van der Waals surface area contributed by atoms with Gasteiger partial charge in [-0.1, -0.05) is 48.5 Å². The molecule has 2 atom stereocenters. The molecule has 0 saturated heterocycles. The van der Waals surface area contributed by atoms with E-state index in [4.69, 9.17) is 28.7 Å². The Hall–Kier alpha value is -7.02. The Morgan fingerprint density at radius 1 is 0.629 bits per heavy atom. The topological polar surface area (TPSA) is 126 Å². The van der Waals surface area contributed by atoms with Gasteiger partial charge in [0, 0.05) is 69.0 Å². The van der Waals surface area contributed by atoms with Gasteiger partial charge in [-0.3, -0.25) is 9.97 Å². The number of nitrogens with zero attached hydrogens (tertiary/aromatic N) is 2. The van der Waals surface area contributed by atoms with E-state index in [1.807, 2.05) is 87.5 Å². The molecule has 0 bridgehead atoms. The van der Waals surface area contributed by atoms with Gasteiger partial charge < -0.3 is 28.8 Å². The number of fused-ring (bicyclic) bond motifs is 2. The zero-order valence-electron chi connectivity index (χ0n) is 40.9. The summed E-state index contributed by atoms with van der Waals surface area (Å²) >= 11 is 0. The van der Waals surface area contributed by atoms with Crippen molar-refractivity contribution in [1.82, 2.24) is 9.97 Å². The summed E-state index contributed by atoms with van der Waals surface area (Å²) in [5.41, 5.74) is 6.50. The van der Waals surface area contributed by atoms with Gasteiger partial charge in [-0.2, -0.15) is 0 Å². The lowest BCUT2D eigenvalue weighted by atomic mass is 9.85. The molecule has 0 amide bonds. The molecule has 10 rings (SSSR count). The average Bonchev–Trinajstić information content (AvgIpc) is 3.33. The van der Waals surface area contributed by atoms with E-state index < -0.39 is 41.2 Å². The highest BCUT2D eigenvalue weighted by Crippen LogP contribution is 2.48. The SMILES string of the molecule is CCOC(=O)[C@@H](OC(C)(C)C)c1c(C)c(F)c2ccccc2c1-c1ccc2c3c(ccnc13)CCO2.Cc1c([C@H](OC(C)(C)C)C(=O)O)c(-c2ccc3c4c(ccnc24)CCO3)c2ccccc2c1F. The highest BCUT2D eigenvalue weighted by molar-refractivity contribution is 6.10. The molecule has 0 unspecified atom stereocenters. The van der Waals surface area contributed by atoms with Crippen LogP contribution in [-0.2, 0) is 36.6 Å². The number of hydrogen-bond acceptors (Lipinski definition) is 9. The maximum absolute atomic E-state index is 15.9. The Balaban J connectivity index is 0.000000174. The molecule has 0 radical (unpaired) electrons. The second kappa shape index (κ2) is 18.7. The summed E-state index contributed by atoms with van der Waals surface area (Å²) in [6.45, 7) is 17.4. The van der Waals surface area contributed by atoms with Crippen LogP contribution in [0.2, 0.25) is 0 Å². The Morgan fingerprint density at radius 3 is 1.46 bits per heavy atom. The predicted octanol–water partition coefficient (Wildman–Crippen LogP) is 13.2. The number of pyridine rings is 2. The van der Waals surface area contributed by atoms with E-state index in [0.717, 1.165) is 62.9 Å². The number of carboxylic acid groups (broad SMARTS) is 1. The summed E-state index contributed by atoms with van der Waals surface area (Å²) in [5.74, 6) is -1.02. The first-order valence-electron chi connectivity index (χ1n) is 23.6. The number of carboxylic acids is 1. The van der Waals surface area contributed by atoms with E-state index in [1.165, 1.54) is 0 Å². The van der Waals surface area contributed by atoms with Crippen LogP contribution in [0.4, 0.5) is 8.78 Å². The van der Waals surface area contributed by atoms with Crippen molar-refractivity contribution >= 4 is 55.3 Å². The molecule has 0 aliphatic carbocycles. The lowest BCUT2D eigenvalue weighted by Crippen LogP contribution is -2.30. The number of aromatic nitrogens is 2. The highest BCUT2D eigenvalue weighted by atomic mass is 19.1. The molecule has 6 aromatic carbocycles. The fraction of sp³-hybridized carbons (Fsp3) is 0.310. The van der Waals surface area contributed by atoms with E-state index >= 15 is 8.78 Å². The minimum absolute atomic E-state index is 0.188. The summed E-state index contributed by atoms with van der Waals surface area (Å²) in [4.78, 5) is 35.3. The summed E-state index contributed by atoms with van der Waals surface area (Å²) in [6.07, 6.45) is 2.61. The van der Waals surface area contributed by atoms with E-state index in [2.05, 4.69) is 4.98 Å². The van der Waals surface area contributed by atoms with Gasteiger partial charge in [0.1, 0.15) is 23.1 Å². The first-order valence-corrected chi connectivity index (χ1v) is 23.6. The van der Waals surface area contributed by atoms with Crippen molar-refractivity contribution in [3.63, 3.8) is 0 Å². The van der Waals surface area contributed by atoms with Crippen molar-refractivity contribution in [2.24, 2.45) is 0 Å². The predicted molar refractivity (Wildman–Crippen MR) is 269 cm³/mol. The third-order valence-electron chi connectivity index (χ3n) is 12.7. The second-order valence-electron chi connectivity index (χ2n) is 19.7. The number of esters is 1. The number of halogens is 2. The van der Waals surface area contributed by atoms with Crippen molar-refractivity contribution < 1.29 is 47.2 Å². The van der Waals surface area contributed by atoms with Crippen LogP contribution >= 0.6 is 0 Å². The third kappa shape index (κ3) is 8.79. The van der Waals surface area contributed by atoms with Gasteiger partial charge in [-0.05, 0) is 143 Å². The molecule has 4 heterocycles. The van der Waals surface area contributed by atoms with Crippen molar-refractivity contribution in [3.8, 4) is 33.8 Å². The standard InChI is InChI=1S/C30H30FNO4.C28H26FNO4/c1-6-34-29(33)28(36-30(3,4)5)23-17(2)26(31)20-10-8-7-9-19(20)25(23)21-11-12-22-24-18(14-16-35-22)13-15-32-27(21)24;1-15-21(26(27(31)32)34-28(2,3)4)23(17-7-5-6-8-18(17)24(15)29)19-9-10-20-22-16(12-14-33-20)11-13-30-25(19)22/h7-13,15,28H,6,14,16H2,1-5H3;5-11,13,26H,12,14H2,1-4H3,(H,31,32)/t28-;26-/m00/s1. The lowest BCUT2D eigenvalue weighted by Gasteiger charge is -2.30. The smallest absolute Gasteiger partial charge is 0.339 e. The van der Waals surface area contributed by atoms with Crippen LogP contribution in [0.1, 0.15) is 94.1 Å². The van der Waals surface area contributed by atoms with Crippen LogP contribution in [0.5, 0.6) is 11.5 Å². The van der Waals surface area contributed by atoms with Crippen LogP contribution in [-0.4, -0.2) is 58.0 Å². The maximum Gasteiger partial charge on any atom is 0.339 e. The average molecular weight is 947 g/mol. The second-order valence-corrected chi connectivity index (χ2v) is 19.7. The Morgan fingerprint density at radius 2 is 1.04 bits per heavy atom. The zero-order chi connectivity index (χ0) is 49.8. The fourth-order valence-electron chi connectivity index (χ4n) is 9.92. The van der Waals surface area contributed by atoms with Crippen LogP contribution < -0.4 is 9.47 Å². The van der Waals surface area contributed by atoms with Gasteiger partial charge in [0.15, 0.2) is 12.2 Å². The largest absolute Gasteiger partial charge is 0.493 e. The molecule has 8 aromatic rings. The fourth-order valence-corrected chi connectivity index (χ4v) is 9.92. The van der Waals surface area contributed by atoms with Crippen molar-refractivity contribution in [2.75, 3.05) is 19.8 Å². The normalized spacial score (nSPS) is 14.2. The minimum Gasteiger partial charge on any atom is -0.493 e. The summed E-state index contributed by atoms with van der Waals surface area (Å²) in [7, 11) is 0. The number of carbonyl (C=O) groups is 2. The molecular formula is C58H56F2N2O8. The zero-order valence-corrected chi connectivity index (χ0v) is 40.9. The summed E-state index contributed by atoms with van der Waals surface area (Å²) in [6, 6.07) is 26.1. The van der Waals surface area contributed by atoms with Gasteiger partial charge >= 0.3 is 11.9 Å². The van der Waals surface area contributed by atoms with Crippen molar-refractivity contribution in [2.45, 2.75) is 98.6 Å². The first kappa shape index (κ1) is 48.0. The number of rotatable bonds is 9. The van der Waals surface area contributed by atoms with Crippen LogP contribution in [0.25, 0.3) is 65.6 Å². The Bertz CT molecular complexity index is 3370. The molecule has 2 aliphatic heterocycles. The monoisotopic (exact) mass is 946 g/mol. The van der Waals surface area contributed by atoms with Crippen LogP contribution in [0.3, 0.4) is 0 Å². The molecule has 0 spiro atoms. The Labute approximate surface area is 405 Å². The minimum atomic E-state index is -1.36. The molecule has 2 aliphatic rings. The number of ether oxygens (including phenoxy) is 5.